The predicted molar refractivity (Wildman–Crippen MR) is 79.4 cm³/mol. The zero-order chi connectivity index (χ0) is 15.6. The number of carbonyl (C=O) groups is 2. The quantitative estimate of drug-likeness (QED) is 0.886. The molecule has 0 aliphatic heterocycles. The number of aliphatic carboxylic acids is 1. The highest BCUT2D eigenvalue weighted by Gasteiger charge is 2.24. The Hall–Kier alpha value is -2.30. The highest BCUT2D eigenvalue weighted by Crippen LogP contribution is 2.23. The smallest absolute Gasteiger partial charge is 0.303 e. The van der Waals surface area contributed by atoms with Gasteiger partial charge in [0.1, 0.15) is 5.58 Å². The maximum absolute atomic E-state index is 12.2. The van der Waals surface area contributed by atoms with E-state index in [-0.39, 0.29) is 18.1 Å². The molecule has 0 aliphatic rings. The van der Waals surface area contributed by atoms with Crippen molar-refractivity contribution in [2.24, 2.45) is 0 Å². The summed E-state index contributed by atoms with van der Waals surface area (Å²) in [5, 5.41) is 12.4. The van der Waals surface area contributed by atoms with Gasteiger partial charge in [-0.05, 0) is 38.8 Å². The minimum absolute atomic E-state index is 0.00647. The summed E-state index contributed by atoms with van der Waals surface area (Å²) in [4.78, 5) is 22.9. The van der Waals surface area contributed by atoms with Crippen molar-refractivity contribution in [3.05, 3.63) is 35.6 Å². The van der Waals surface area contributed by atoms with E-state index in [4.69, 9.17) is 9.52 Å². The van der Waals surface area contributed by atoms with Crippen LogP contribution in [-0.4, -0.2) is 22.5 Å². The first-order valence-electron chi connectivity index (χ1n) is 6.82. The average Bonchev–Trinajstić information content (AvgIpc) is 2.82. The molecule has 0 unspecified atom stereocenters. The van der Waals surface area contributed by atoms with Gasteiger partial charge < -0.3 is 14.8 Å². The van der Waals surface area contributed by atoms with Crippen LogP contribution in [0, 0.1) is 6.92 Å². The summed E-state index contributed by atoms with van der Waals surface area (Å²) in [6, 6.07) is 7.42. The van der Waals surface area contributed by atoms with Crippen LogP contribution in [0.3, 0.4) is 0 Å². The summed E-state index contributed by atoms with van der Waals surface area (Å²) in [6.45, 7) is 5.51. The van der Waals surface area contributed by atoms with Gasteiger partial charge in [-0.2, -0.15) is 0 Å². The molecule has 1 aromatic heterocycles. The molecule has 0 aliphatic carbocycles. The molecular formula is C16H19NO4. The van der Waals surface area contributed by atoms with E-state index in [1.807, 2.05) is 25.1 Å². The molecule has 0 spiro atoms. The number of benzene rings is 1. The topological polar surface area (TPSA) is 79.5 Å². The van der Waals surface area contributed by atoms with Crippen LogP contribution in [0.15, 0.2) is 28.7 Å². The van der Waals surface area contributed by atoms with Crippen LogP contribution < -0.4 is 5.32 Å². The first-order valence-corrected chi connectivity index (χ1v) is 6.82. The van der Waals surface area contributed by atoms with Crippen LogP contribution in [0.25, 0.3) is 11.0 Å². The van der Waals surface area contributed by atoms with Crippen LogP contribution in [-0.2, 0) is 4.79 Å². The van der Waals surface area contributed by atoms with E-state index in [9.17, 15) is 9.59 Å². The zero-order valence-electron chi connectivity index (χ0n) is 12.4. The molecule has 0 bridgehead atoms. The lowest BCUT2D eigenvalue weighted by atomic mass is 9.98. The number of rotatable bonds is 5. The van der Waals surface area contributed by atoms with Gasteiger partial charge >= 0.3 is 5.97 Å². The first-order chi connectivity index (χ1) is 9.78. The number of carboxylic acids is 1. The summed E-state index contributed by atoms with van der Waals surface area (Å²) >= 11 is 0. The third-order valence-corrected chi connectivity index (χ3v) is 3.38. The normalized spacial score (nSPS) is 11.6. The fourth-order valence-corrected chi connectivity index (χ4v) is 2.17. The Balaban J connectivity index is 2.15. The molecule has 1 aromatic carbocycles. The van der Waals surface area contributed by atoms with Crippen molar-refractivity contribution < 1.29 is 19.1 Å². The van der Waals surface area contributed by atoms with E-state index >= 15 is 0 Å². The van der Waals surface area contributed by atoms with E-state index < -0.39 is 11.5 Å². The highest BCUT2D eigenvalue weighted by molar-refractivity contribution is 5.97. The summed E-state index contributed by atoms with van der Waals surface area (Å²) in [5.41, 5.74) is 1.06. The van der Waals surface area contributed by atoms with E-state index in [0.717, 1.165) is 10.9 Å². The summed E-state index contributed by atoms with van der Waals surface area (Å²) < 4.78 is 5.60. The number of fused-ring (bicyclic) bond motifs is 1. The van der Waals surface area contributed by atoms with Gasteiger partial charge in [0.25, 0.3) is 5.91 Å². The summed E-state index contributed by atoms with van der Waals surface area (Å²) in [6.07, 6.45) is 0.361. The van der Waals surface area contributed by atoms with E-state index in [0.29, 0.717) is 12.0 Å². The molecule has 0 fully saturated rings. The Morgan fingerprint density at radius 1 is 1.33 bits per heavy atom. The third-order valence-electron chi connectivity index (χ3n) is 3.38. The molecule has 112 valence electrons. The second kappa shape index (κ2) is 5.60. The lowest BCUT2D eigenvalue weighted by molar-refractivity contribution is -0.137. The maximum Gasteiger partial charge on any atom is 0.303 e. The number of hydrogen-bond donors (Lipinski definition) is 2. The van der Waals surface area contributed by atoms with Gasteiger partial charge in [0.2, 0.25) is 0 Å². The Morgan fingerprint density at radius 3 is 2.67 bits per heavy atom. The molecule has 2 N–H and O–H groups in total. The van der Waals surface area contributed by atoms with Crippen molar-refractivity contribution in [3.8, 4) is 0 Å². The lowest BCUT2D eigenvalue weighted by Gasteiger charge is -2.24. The fraction of sp³-hybridized carbons (Fsp3) is 0.375. The monoisotopic (exact) mass is 289 g/mol. The number of aryl methyl sites for hydroxylation is 1. The number of amides is 1. The second-order valence-corrected chi connectivity index (χ2v) is 5.84. The molecule has 0 atom stereocenters. The molecule has 1 amide bonds. The SMILES string of the molecule is Cc1cccc2cc(C(=O)NC(C)(C)CCC(=O)O)oc12. The van der Waals surface area contributed by atoms with Gasteiger partial charge in [0.05, 0.1) is 0 Å². The zero-order valence-corrected chi connectivity index (χ0v) is 12.4. The Morgan fingerprint density at radius 2 is 2.05 bits per heavy atom. The summed E-state index contributed by atoms with van der Waals surface area (Å²) in [5.74, 6) is -0.972. The minimum atomic E-state index is -0.878. The molecule has 1 heterocycles. The van der Waals surface area contributed by atoms with Crippen LogP contribution >= 0.6 is 0 Å². The van der Waals surface area contributed by atoms with Gasteiger partial charge in [-0.3, -0.25) is 9.59 Å². The van der Waals surface area contributed by atoms with Gasteiger partial charge in [-0.25, -0.2) is 0 Å². The van der Waals surface area contributed by atoms with E-state index in [1.54, 1.807) is 19.9 Å². The Bertz CT molecular complexity index is 685. The van der Waals surface area contributed by atoms with Crippen molar-refractivity contribution in [2.45, 2.75) is 39.2 Å². The van der Waals surface area contributed by atoms with Crippen molar-refractivity contribution in [3.63, 3.8) is 0 Å². The summed E-state index contributed by atoms with van der Waals surface area (Å²) in [7, 11) is 0. The largest absolute Gasteiger partial charge is 0.481 e. The van der Waals surface area contributed by atoms with Crippen LogP contribution in [0.2, 0.25) is 0 Å². The van der Waals surface area contributed by atoms with Crippen molar-refractivity contribution in [1.29, 1.82) is 0 Å². The maximum atomic E-state index is 12.2. The number of nitrogens with one attached hydrogen (secondary N) is 1. The van der Waals surface area contributed by atoms with Gasteiger partial charge in [-0.15, -0.1) is 0 Å². The van der Waals surface area contributed by atoms with Crippen LogP contribution in [0.5, 0.6) is 0 Å². The third kappa shape index (κ3) is 3.62. The number of carboxylic acid groups (broad SMARTS) is 1. The minimum Gasteiger partial charge on any atom is -0.481 e. The first kappa shape index (κ1) is 15.1. The molecule has 21 heavy (non-hydrogen) atoms. The number of hydrogen-bond acceptors (Lipinski definition) is 3. The molecule has 2 rings (SSSR count). The highest BCUT2D eigenvalue weighted by atomic mass is 16.4. The van der Waals surface area contributed by atoms with Crippen molar-refractivity contribution >= 4 is 22.8 Å². The van der Waals surface area contributed by atoms with Crippen molar-refractivity contribution in [2.75, 3.05) is 0 Å². The predicted octanol–water partition coefficient (Wildman–Crippen LogP) is 3.11. The fourth-order valence-electron chi connectivity index (χ4n) is 2.17. The number of para-hydroxylation sites is 1. The standard InChI is InChI=1S/C16H19NO4/c1-10-5-4-6-11-9-12(21-14(10)11)15(20)17-16(2,3)8-7-13(18)19/h4-6,9H,7-8H2,1-3H3,(H,17,20)(H,18,19). The Labute approximate surface area is 122 Å². The van der Waals surface area contributed by atoms with Gasteiger partial charge in [0.15, 0.2) is 5.76 Å². The molecule has 5 heteroatoms. The van der Waals surface area contributed by atoms with Crippen LogP contribution in [0.1, 0.15) is 42.8 Å². The van der Waals surface area contributed by atoms with Gasteiger partial charge in [0, 0.05) is 17.3 Å². The molecular weight excluding hydrogens is 270 g/mol. The lowest BCUT2D eigenvalue weighted by Crippen LogP contribution is -2.43. The number of furan rings is 1. The average molecular weight is 289 g/mol. The van der Waals surface area contributed by atoms with Crippen molar-refractivity contribution in [1.82, 2.24) is 5.32 Å². The second-order valence-electron chi connectivity index (χ2n) is 5.84. The van der Waals surface area contributed by atoms with E-state index in [1.165, 1.54) is 0 Å². The molecule has 0 saturated carbocycles. The molecule has 0 radical (unpaired) electrons. The van der Waals surface area contributed by atoms with E-state index in [2.05, 4.69) is 5.32 Å². The van der Waals surface area contributed by atoms with Crippen LogP contribution in [0.4, 0.5) is 0 Å². The molecule has 0 saturated heterocycles. The molecule has 5 nitrogen and oxygen atoms in total. The van der Waals surface area contributed by atoms with Gasteiger partial charge in [-0.1, -0.05) is 18.2 Å². The Kier molecular flexibility index (Phi) is 4.02. The number of carbonyl (C=O) groups excluding carboxylic acids is 1. The molecule has 2 aromatic rings.